The summed E-state index contributed by atoms with van der Waals surface area (Å²) in [5, 5.41) is 9.74. The summed E-state index contributed by atoms with van der Waals surface area (Å²) in [4.78, 5) is 4.09. The second-order valence-electron chi connectivity index (χ2n) is 3.69. The fourth-order valence-electron chi connectivity index (χ4n) is 1.68. The molecule has 2 aromatic rings. The normalized spacial score (nSPS) is 12.6. The second kappa shape index (κ2) is 5.37. The van der Waals surface area contributed by atoms with Crippen molar-refractivity contribution >= 4 is 15.9 Å². The van der Waals surface area contributed by atoms with Gasteiger partial charge in [0.2, 0.25) is 0 Å². The minimum Gasteiger partial charge on any atom is -0.310 e. The van der Waals surface area contributed by atoms with E-state index in [0.29, 0.717) is 6.42 Å². The topological polar surface area (TPSA) is 53.6 Å². The number of nitrogens with zero attached hydrogens (tertiary/aromatic N) is 2. The third-order valence-corrected chi connectivity index (χ3v) is 2.93. The molecule has 0 aliphatic carbocycles. The molecule has 2 rings (SSSR count). The highest BCUT2D eigenvalue weighted by atomic mass is 79.9. The molecule has 90 valence electrons. The first-order chi connectivity index (χ1) is 8.19. The molecular weight excluding hydrogens is 287 g/mol. The first kappa shape index (κ1) is 12.2. The van der Waals surface area contributed by atoms with Crippen molar-refractivity contribution in [3.63, 3.8) is 0 Å². The Balaban J connectivity index is 2.18. The van der Waals surface area contributed by atoms with Crippen molar-refractivity contribution in [1.82, 2.24) is 20.5 Å². The van der Waals surface area contributed by atoms with Gasteiger partial charge in [0.15, 0.2) is 0 Å². The molecule has 4 nitrogen and oxygen atoms in total. The molecule has 0 spiro atoms. The minimum absolute atomic E-state index is 0.00815. The van der Waals surface area contributed by atoms with E-state index in [0.717, 1.165) is 15.9 Å². The molecule has 0 radical (unpaired) electrons. The van der Waals surface area contributed by atoms with Crippen LogP contribution in [0.3, 0.4) is 0 Å². The monoisotopic (exact) mass is 298 g/mol. The number of halogens is 2. The van der Waals surface area contributed by atoms with E-state index in [-0.39, 0.29) is 11.9 Å². The number of rotatable bonds is 4. The van der Waals surface area contributed by atoms with Gasteiger partial charge in [-0.1, -0.05) is 15.9 Å². The van der Waals surface area contributed by atoms with E-state index in [1.165, 1.54) is 18.5 Å². The van der Waals surface area contributed by atoms with Gasteiger partial charge in [-0.15, -0.1) is 0 Å². The summed E-state index contributed by atoms with van der Waals surface area (Å²) in [6.07, 6.45) is 2.10. The number of hydrogen-bond donors (Lipinski definition) is 2. The maximum absolute atomic E-state index is 13.2. The quantitative estimate of drug-likeness (QED) is 0.910. The Labute approximate surface area is 107 Å². The minimum atomic E-state index is -0.248. The van der Waals surface area contributed by atoms with Crippen LogP contribution in [0.5, 0.6) is 0 Å². The van der Waals surface area contributed by atoms with E-state index in [4.69, 9.17) is 0 Å². The van der Waals surface area contributed by atoms with Gasteiger partial charge < -0.3 is 5.32 Å². The number of aromatic amines is 1. The highest BCUT2D eigenvalue weighted by Crippen LogP contribution is 2.19. The average Bonchev–Trinajstić information content (AvgIpc) is 2.77. The van der Waals surface area contributed by atoms with Crippen LogP contribution in [0, 0.1) is 5.82 Å². The Morgan fingerprint density at radius 2 is 2.29 bits per heavy atom. The van der Waals surface area contributed by atoms with Crippen molar-refractivity contribution in [2.45, 2.75) is 12.5 Å². The molecule has 6 heteroatoms. The van der Waals surface area contributed by atoms with Crippen LogP contribution in [-0.4, -0.2) is 22.2 Å². The van der Waals surface area contributed by atoms with Gasteiger partial charge in [-0.2, -0.15) is 5.10 Å². The van der Waals surface area contributed by atoms with Crippen LogP contribution in [0.1, 0.15) is 17.4 Å². The fraction of sp³-hybridized carbons (Fsp3) is 0.273. The summed E-state index contributed by atoms with van der Waals surface area (Å²) in [6.45, 7) is 0. The number of hydrogen-bond acceptors (Lipinski definition) is 3. The molecule has 0 aliphatic heterocycles. The first-order valence-electron chi connectivity index (χ1n) is 5.16. The van der Waals surface area contributed by atoms with Gasteiger partial charge in [0, 0.05) is 4.47 Å². The molecule has 0 bridgehead atoms. The van der Waals surface area contributed by atoms with Gasteiger partial charge in [-0.25, -0.2) is 9.37 Å². The Hall–Kier alpha value is -1.27. The van der Waals surface area contributed by atoms with E-state index in [2.05, 4.69) is 36.4 Å². The fourth-order valence-corrected chi connectivity index (χ4v) is 2.20. The molecule has 1 aromatic carbocycles. The van der Waals surface area contributed by atoms with Crippen LogP contribution in [0.25, 0.3) is 0 Å². The van der Waals surface area contributed by atoms with E-state index >= 15 is 0 Å². The van der Waals surface area contributed by atoms with Gasteiger partial charge >= 0.3 is 0 Å². The Morgan fingerprint density at radius 3 is 2.88 bits per heavy atom. The van der Waals surface area contributed by atoms with Gasteiger partial charge in [0.25, 0.3) is 0 Å². The zero-order valence-electron chi connectivity index (χ0n) is 9.24. The molecule has 0 saturated carbocycles. The predicted octanol–water partition coefficient (Wildman–Crippen LogP) is 2.21. The van der Waals surface area contributed by atoms with Crippen LogP contribution in [0.4, 0.5) is 4.39 Å². The molecule has 1 atom stereocenters. The van der Waals surface area contributed by atoms with Crippen molar-refractivity contribution in [1.29, 1.82) is 0 Å². The molecule has 0 amide bonds. The highest BCUT2D eigenvalue weighted by Gasteiger charge is 2.13. The lowest BCUT2D eigenvalue weighted by Crippen LogP contribution is -2.20. The van der Waals surface area contributed by atoms with Crippen LogP contribution < -0.4 is 5.32 Å². The number of H-pyrrole nitrogens is 1. The summed E-state index contributed by atoms with van der Waals surface area (Å²) in [5.41, 5.74) is 0.896. The number of likely N-dealkylation sites (N-methyl/N-ethyl adjacent to an activating group) is 1. The smallest absolute Gasteiger partial charge is 0.141 e. The van der Waals surface area contributed by atoms with Gasteiger partial charge in [0.05, 0.1) is 6.04 Å². The standard InChI is InChI=1S/C11H12BrFN4/c1-14-10(11-15-6-16-17-11)4-7-2-8(12)5-9(13)3-7/h2-3,5-6,10,14H,4H2,1H3,(H,15,16,17). The van der Waals surface area contributed by atoms with Gasteiger partial charge in [-0.3, -0.25) is 5.10 Å². The lowest BCUT2D eigenvalue weighted by molar-refractivity contribution is 0.555. The SMILES string of the molecule is CNC(Cc1cc(F)cc(Br)c1)c1ncn[nH]1. The summed E-state index contributed by atoms with van der Waals surface area (Å²) < 4.78 is 14.0. The van der Waals surface area contributed by atoms with Crippen molar-refractivity contribution < 1.29 is 4.39 Å². The van der Waals surface area contributed by atoms with Crippen molar-refractivity contribution in [3.05, 3.63) is 46.2 Å². The van der Waals surface area contributed by atoms with Crippen LogP contribution >= 0.6 is 15.9 Å². The number of nitrogens with one attached hydrogen (secondary N) is 2. The van der Waals surface area contributed by atoms with Crippen LogP contribution in [0.2, 0.25) is 0 Å². The highest BCUT2D eigenvalue weighted by molar-refractivity contribution is 9.10. The molecule has 1 unspecified atom stereocenters. The lowest BCUT2D eigenvalue weighted by Gasteiger charge is -2.13. The summed E-state index contributed by atoms with van der Waals surface area (Å²) in [6, 6.07) is 4.84. The maximum Gasteiger partial charge on any atom is 0.141 e. The Morgan fingerprint density at radius 1 is 1.47 bits per heavy atom. The van der Waals surface area contributed by atoms with Crippen LogP contribution in [0.15, 0.2) is 29.0 Å². The first-order valence-corrected chi connectivity index (χ1v) is 5.96. The van der Waals surface area contributed by atoms with E-state index in [1.807, 2.05) is 13.1 Å². The average molecular weight is 299 g/mol. The number of benzene rings is 1. The van der Waals surface area contributed by atoms with E-state index in [9.17, 15) is 4.39 Å². The third kappa shape index (κ3) is 3.10. The van der Waals surface area contributed by atoms with Gasteiger partial charge in [0.1, 0.15) is 18.0 Å². The maximum atomic E-state index is 13.2. The summed E-state index contributed by atoms with van der Waals surface area (Å²) >= 11 is 3.28. The van der Waals surface area contributed by atoms with E-state index < -0.39 is 0 Å². The van der Waals surface area contributed by atoms with Crippen molar-refractivity contribution in [2.24, 2.45) is 0 Å². The Kier molecular flexibility index (Phi) is 3.86. The zero-order valence-corrected chi connectivity index (χ0v) is 10.8. The molecule has 1 heterocycles. The predicted molar refractivity (Wildman–Crippen MR) is 66.0 cm³/mol. The molecular formula is C11H12BrFN4. The zero-order chi connectivity index (χ0) is 12.3. The number of aromatic nitrogens is 3. The van der Waals surface area contributed by atoms with E-state index in [1.54, 1.807) is 0 Å². The molecule has 1 aromatic heterocycles. The summed E-state index contributed by atoms with van der Waals surface area (Å²) in [7, 11) is 1.83. The third-order valence-electron chi connectivity index (χ3n) is 2.47. The summed E-state index contributed by atoms with van der Waals surface area (Å²) in [5.74, 6) is 0.495. The molecule has 0 fully saturated rings. The van der Waals surface area contributed by atoms with Gasteiger partial charge in [-0.05, 0) is 37.2 Å². The molecule has 0 saturated heterocycles. The Bertz CT molecular complexity index is 466. The van der Waals surface area contributed by atoms with Crippen LogP contribution in [-0.2, 0) is 6.42 Å². The second-order valence-corrected chi connectivity index (χ2v) is 4.61. The lowest BCUT2D eigenvalue weighted by atomic mass is 10.1. The largest absolute Gasteiger partial charge is 0.310 e. The molecule has 17 heavy (non-hydrogen) atoms. The van der Waals surface area contributed by atoms with Crippen molar-refractivity contribution in [3.8, 4) is 0 Å². The van der Waals surface area contributed by atoms with Crippen molar-refractivity contribution in [2.75, 3.05) is 7.05 Å². The molecule has 2 N–H and O–H groups in total. The molecule has 0 aliphatic rings.